The maximum atomic E-state index is 12.4. The smallest absolute Gasteiger partial charge is 0.255 e. The van der Waals surface area contributed by atoms with Crippen molar-refractivity contribution in [3.8, 4) is 0 Å². The topological polar surface area (TPSA) is 66.6 Å². The van der Waals surface area contributed by atoms with Crippen molar-refractivity contribution in [3.05, 3.63) is 47.3 Å². The van der Waals surface area contributed by atoms with Gasteiger partial charge in [0.05, 0.1) is 23.1 Å². The number of β-amino-alcohol motifs (C(OH)–C–C–N with tert-alkyl or cyclic N) is 1. The molecule has 1 saturated heterocycles. The Kier molecular flexibility index (Phi) is 3.98. The Morgan fingerprint density at radius 2 is 2.24 bits per heavy atom. The van der Waals surface area contributed by atoms with Crippen molar-refractivity contribution >= 4 is 17.7 Å². The van der Waals surface area contributed by atoms with Crippen LogP contribution in [0.25, 0.3) is 0 Å². The van der Waals surface area contributed by atoms with Crippen molar-refractivity contribution in [1.29, 1.82) is 0 Å². The minimum Gasteiger partial charge on any atom is -0.389 e. The van der Waals surface area contributed by atoms with Gasteiger partial charge in [-0.25, -0.2) is 0 Å². The molecule has 1 aromatic carbocycles. The molecule has 1 N–H and O–H groups in total. The summed E-state index contributed by atoms with van der Waals surface area (Å²) in [7, 11) is 0. The molecule has 0 radical (unpaired) electrons. The fourth-order valence-corrected chi connectivity index (χ4v) is 3.11. The number of thioether (sulfide) groups is 1. The third kappa shape index (κ3) is 3.11. The molecule has 1 amide bonds. The lowest BCUT2D eigenvalue weighted by Crippen LogP contribution is -2.53. The molecule has 2 aromatic rings. The summed E-state index contributed by atoms with van der Waals surface area (Å²) in [5.41, 5.74) is 1.52. The molecule has 1 aromatic heterocycles. The van der Waals surface area contributed by atoms with E-state index < -0.39 is 0 Å². The van der Waals surface area contributed by atoms with Gasteiger partial charge in [0.2, 0.25) is 0 Å². The molecular weight excluding hydrogens is 288 g/mol. The Morgan fingerprint density at radius 1 is 1.48 bits per heavy atom. The molecular formula is C15H16N2O3S. The largest absolute Gasteiger partial charge is 0.389 e. The third-order valence-electron chi connectivity index (χ3n) is 3.31. The van der Waals surface area contributed by atoms with Crippen LogP contribution in [0, 0.1) is 6.92 Å². The van der Waals surface area contributed by atoms with Crippen LogP contribution in [0.15, 0.2) is 39.8 Å². The van der Waals surface area contributed by atoms with Gasteiger partial charge >= 0.3 is 0 Å². The quantitative estimate of drug-likeness (QED) is 0.876. The number of aliphatic hydroxyl groups is 1. The Morgan fingerprint density at radius 3 is 2.90 bits per heavy atom. The van der Waals surface area contributed by atoms with Crippen LogP contribution in [-0.2, 0) is 5.75 Å². The molecule has 3 rings (SSSR count). The summed E-state index contributed by atoms with van der Waals surface area (Å²) in [5, 5.41) is 13.2. The summed E-state index contributed by atoms with van der Waals surface area (Å²) in [6.45, 7) is 2.71. The lowest BCUT2D eigenvalue weighted by atomic mass is 10.1. The number of amides is 1. The van der Waals surface area contributed by atoms with E-state index in [-0.39, 0.29) is 12.0 Å². The van der Waals surface area contributed by atoms with Gasteiger partial charge < -0.3 is 14.5 Å². The fraction of sp³-hybridized carbons (Fsp3) is 0.333. The summed E-state index contributed by atoms with van der Waals surface area (Å²) >= 11 is 1.55. The first kappa shape index (κ1) is 14.2. The van der Waals surface area contributed by atoms with Crippen LogP contribution in [0.3, 0.4) is 0 Å². The lowest BCUT2D eigenvalue weighted by molar-refractivity contribution is 0.00566. The van der Waals surface area contributed by atoms with E-state index in [0.717, 1.165) is 16.3 Å². The number of rotatable bonds is 4. The van der Waals surface area contributed by atoms with Crippen molar-refractivity contribution in [2.24, 2.45) is 0 Å². The van der Waals surface area contributed by atoms with Gasteiger partial charge in [-0.1, -0.05) is 17.3 Å². The average Bonchev–Trinajstić information content (AvgIpc) is 2.87. The van der Waals surface area contributed by atoms with E-state index in [9.17, 15) is 9.90 Å². The number of carbonyl (C=O) groups excluding carboxylic acids is 1. The Bertz CT molecular complexity index is 650. The number of carbonyl (C=O) groups is 1. The first-order valence-electron chi connectivity index (χ1n) is 6.75. The van der Waals surface area contributed by atoms with E-state index in [0.29, 0.717) is 24.4 Å². The number of likely N-dealkylation sites (tertiary alicyclic amines) is 1. The minimum absolute atomic E-state index is 0.0304. The van der Waals surface area contributed by atoms with Crippen LogP contribution in [0.5, 0.6) is 0 Å². The van der Waals surface area contributed by atoms with Gasteiger partial charge in [0.15, 0.2) is 0 Å². The van der Waals surface area contributed by atoms with Crippen LogP contribution in [-0.4, -0.2) is 40.3 Å². The van der Waals surface area contributed by atoms with Gasteiger partial charge in [0.1, 0.15) is 5.76 Å². The van der Waals surface area contributed by atoms with E-state index in [1.807, 2.05) is 37.3 Å². The normalized spacial score (nSPS) is 15.0. The molecule has 5 nitrogen and oxygen atoms in total. The van der Waals surface area contributed by atoms with Crippen LogP contribution >= 0.6 is 11.8 Å². The summed E-state index contributed by atoms with van der Waals surface area (Å²) in [6, 6.07) is 9.41. The molecule has 0 saturated carbocycles. The van der Waals surface area contributed by atoms with E-state index >= 15 is 0 Å². The maximum Gasteiger partial charge on any atom is 0.255 e. The molecule has 1 fully saturated rings. The van der Waals surface area contributed by atoms with Crippen molar-refractivity contribution < 1.29 is 14.4 Å². The van der Waals surface area contributed by atoms with E-state index in [4.69, 9.17) is 4.52 Å². The first-order valence-corrected chi connectivity index (χ1v) is 7.73. The number of nitrogens with zero attached hydrogens (tertiary/aromatic N) is 2. The monoisotopic (exact) mass is 304 g/mol. The molecule has 6 heteroatoms. The zero-order valence-electron chi connectivity index (χ0n) is 11.7. The highest BCUT2D eigenvalue weighted by Crippen LogP contribution is 2.28. The summed E-state index contributed by atoms with van der Waals surface area (Å²) < 4.78 is 5.18. The third-order valence-corrected chi connectivity index (χ3v) is 4.41. The van der Waals surface area contributed by atoms with Gasteiger partial charge in [-0.05, 0) is 19.1 Å². The molecule has 0 unspecified atom stereocenters. The highest BCUT2D eigenvalue weighted by atomic mass is 32.2. The van der Waals surface area contributed by atoms with Crippen LogP contribution in [0.4, 0.5) is 0 Å². The summed E-state index contributed by atoms with van der Waals surface area (Å²) in [6.07, 6.45) is -0.383. The summed E-state index contributed by atoms with van der Waals surface area (Å²) in [4.78, 5) is 14.9. The Hall–Kier alpha value is -1.79. The van der Waals surface area contributed by atoms with Gasteiger partial charge in [0, 0.05) is 24.1 Å². The van der Waals surface area contributed by atoms with E-state index in [2.05, 4.69) is 5.16 Å². The molecule has 2 heterocycles. The Labute approximate surface area is 126 Å². The summed E-state index contributed by atoms with van der Waals surface area (Å²) in [5.74, 6) is 1.39. The number of hydrogen-bond donors (Lipinski definition) is 1. The Balaban J connectivity index is 1.71. The van der Waals surface area contributed by atoms with Crippen LogP contribution < -0.4 is 0 Å². The predicted molar refractivity (Wildman–Crippen MR) is 79.2 cm³/mol. The maximum absolute atomic E-state index is 12.4. The number of aliphatic hydroxyl groups excluding tert-OH is 1. The number of aryl methyl sites for hydroxylation is 1. The average molecular weight is 304 g/mol. The minimum atomic E-state index is -0.383. The highest BCUT2D eigenvalue weighted by molar-refractivity contribution is 7.98. The zero-order valence-corrected chi connectivity index (χ0v) is 12.5. The zero-order chi connectivity index (χ0) is 14.8. The van der Waals surface area contributed by atoms with Crippen molar-refractivity contribution in [2.45, 2.75) is 23.7 Å². The van der Waals surface area contributed by atoms with Crippen LogP contribution in [0.1, 0.15) is 21.8 Å². The standard InChI is InChI=1S/C15H16N2O3S/c1-10-6-12(20-16-10)9-21-14-5-3-2-4-13(14)15(19)17-7-11(18)8-17/h2-6,11,18H,7-9H2,1H3. The van der Waals surface area contributed by atoms with Gasteiger partial charge in [-0.2, -0.15) is 0 Å². The second kappa shape index (κ2) is 5.91. The van der Waals surface area contributed by atoms with E-state index in [1.54, 1.807) is 16.7 Å². The fourth-order valence-electron chi connectivity index (χ4n) is 2.19. The second-order valence-electron chi connectivity index (χ2n) is 5.08. The molecule has 1 aliphatic rings. The number of benzene rings is 1. The lowest BCUT2D eigenvalue weighted by Gasteiger charge is -2.36. The molecule has 0 spiro atoms. The van der Waals surface area contributed by atoms with Gasteiger partial charge in [-0.15, -0.1) is 11.8 Å². The molecule has 0 atom stereocenters. The predicted octanol–water partition coefficient (Wildman–Crippen LogP) is 2.09. The number of hydrogen-bond acceptors (Lipinski definition) is 5. The molecule has 110 valence electrons. The molecule has 21 heavy (non-hydrogen) atoms. The molecule has 0 bridgehead atoms. The highest BCUT2D eigenvalue weighted by Gasteiger charge is 2.30. The number of aromatic nitrogens is 1. The van der Waals surface area contributed by atoms with Crippen molar-refractivity contribution in [2.75, 3.05) is 13.1 Å². The molecule has 0 aliphatic carbocycles. The second-order valence-corrected chi connectivity index (χ2v) is 6.10. The van der Waals surface area contributed by atoms with Crippen molar-refractivity contribution in [3.63, 3.8) is 0 Å². The van der Waals surface area contributed by atoms with Crippen molar-refractivity contribution in [1.82, 2.24) is 10.1 Å². The van der Waals surface area contributed by atoms with Gasteiger partial charge in [-0.3, -0.25) is 4.79 Å². The SMILES string of the molecule is Cc1cc(CSc2ccccc2C(=O)N2CC(O)C2)on1. The molecule has 1 aliphatic heterocycles. The van der Waals surface area contributed by atoms with Crippen LogP contribution in [0.2, 0.25) is 0 Å². The van der Waals surface area contributed by atoms with Gasteiger partial charge in [0.25, 0.3) is 5.91 Å². The first-order chi connectivity index (χ1) is 10.1. The van der Waals surface area contributed by atoms with E-state index in [1.165, 1.54) is 0 Å².